The topological polar surface area (TPSA) is 41.1 Å². The van der Waals surface area contributed by atoms with Crippen molar-refractivity contribution in [2.24, 2.45) is 0 Å². The van der Waals surface area contributed by atoms with Crippen molar-refractivity contribution in [2.75, 3.05) is 11.9 Å². The summed E-state index contributed by atoms with van der Waals surface area (Å²) in [5, 5.41) is 6.02. The van der Waals surface area contributed by atoms with Crippen molar-refractivity contribution in [3.05, 3.63) is 102 Å². The highest BCUT2D eigenvalue weighted by Gasteiger charge is 2.02. The van der Waals surface area contributed by atoms with Gasteiger partial charge in [-0.1, -0.05) is 60.4 Å². The van der Waals surface area contributed by atoms with Crippen molar-refractivity contribution in [2.45, 2.75) is 6.54 Å². The monoisotopic (exact) mass is 340 g/mol. The molecule has 0 aliphatic rings. The van der Waals surface area contributed by atoms with Crippen LogP contribution >= 0.6 is 0 Å². The molecule has 0 unspecified atom stereocenters. The van der Waals surface area contributed by atoms with Crippen molar-refractivity contribution in [3.8, 4) is 11.8 Å². The number of hydrogen-bond acceptors (Lipinski definition) is 2. The van der Waals surface area contributed by atoms with Gasteiger partial charge in [0.15, 0.2) is 0 Å². The van der Waals surface area contributed by atoms with Crippen LogP contribution < -0.4 is 10.6 Å². The van der Waals surface area contributed by atoms with E-state index in [1.807, 2.05) is 84.9 Å². The van der Waals surface area contributed by atoms with E-state index in [-0.39, 0.29) is 12.5 Å². The second kappa shape index (κ2) is 9.22. The first-order valence-corrected chi connectivity index (χ1v) is 8.51. The summed E-state index contributed by atoms with van der Waals surface area (Å²) in [5.41, 5.74) is 3.81. The lowest BCUT2D eigenvalue weighted by atomic mass is 10.1. The number of carbonyl (C=O) groups excluding carboxylic acids is 1. The maximum Gasteiger partial charge on any atom is 0.238 e. The van der Waals surface area contributed by atoms with Gasteiger partial charge in [0.25, 0.3) is 0 Å². The van der Waals surface area contributed by atoms with E-state index in [1.54, 1.807) is 0 Å². The highest BCUT2D eigenvalue weighted by molar-refractivity contribution is 5.92. The molecule has 0 aliphatic carbocycles. The fourth-order valence-electron chi connectivity index (χ4n) is 2.42. The van der Waals surface area contributed by atoms with Crippen molar-refractivity contribution < 1.29 is 4.79 Å². The molecule has 3 aromatic rings. The lowest BCUT2D eigenvalue weighted by Crippen LogP contribution is -2.27. The molecule has 0 bridgehead atoms. The second-order valence-electron chi connectivity index (χ2n) is 5.83. The number of carbonyl (C=O) groups is 1. The number of amides is 1. The zero-order valence-corrected chi connectivity index (χ0v) is 14.4. The Morgan fingerprint density at radius 3 is 1.96 bits per heavy atom. The van der Waals surface area contributed by atoms with Crippen LogP contribution in [0, 0.1) is 11.8 Å². The molecule has 0 aromatic heterocycles. The highest BCUT2D eigenvalue weighted by Crippen LogP contribution is 2.09. The van der Waals surface area contributed by atoms with Gasteiger partial charge < -0.3 is 10.6 Å². The van der Waals surface area contributed by atoms with Crippen LogP contribution in [0.25, 0.3) is 0 Å². The maximum absolute atomic E-state index is 12.0. The summed E-state index contributed by atoms with van der Waals surface area (Å²) in [7, 11) is 0. The lowest BCUT2D eigenvalue weighted by Gasteiger charge is -2.07. The van der Waals surface area contributed by atoms with Crippen molar-refractivity contribution in [3.63, 3.8) is 0 Å². The van der Waals surface area contributed by atoms with Gasteiger partial charge in [-0.2, -0.15) is 0 Å². The molecular weight excluding hydrogens is 320 g/mol. The van der Waals surface area contributed by atoms with E-state index in [2.05, 4.69) is 22.5 Å². The van der Waals surface area contributed by atoms with Crippen LogP contribution in [-0.2, 0) is 11.3 Å². The third kappa shape index (κ3) is 5.62. The minimum atomic E-state index is -0.0657. The van der Waals surface area contributed by atoms with E-state index in [0.717, 1.165) is 22.4 Å². The first-order valence-electron chi connectivity index (χ1n) is 8.51. The molecule has 0 heterocycles. The molecule has 2 N–H and O–H groups in total. The Bertz CT molecular complexity index is 892. The Kier molecular flexibility index (Phi) is 6.19. The van der Waals surface area contributed by atoms with E-state index < -0.39 is 0 Å². The summed E-state index contributed by atoms with van der Waals surface area (Å²) >= 11 is 0. The van der Waals surface area contributed by atoms with Gasteiger partial charge in [0, 0.05) is 23.4 Å². The molecule has 1 amide bonds. The fraction of sp³-hybridized carbons (Fsp3) is 0.0870. The summed E-state index contributed by atoms with van der Waals surface area (Å²) in [6.07, 6.45) is 0. The third-order valence-electron chi connectivity index (χ3n) is 3.75. The lowest BCUT2D eigenvalue weighted by molar-refractivity contribution is -0.115. The standard InChI is InChI=1S/C23H20N2O/c26-23(18-24-17-21-9-5-2-6-10-21)25-22-15-13-20(14-16-22)12-11-19-7-3-1-4-8-19/h1-10,13-16,24H,17-18H2,(H,25,26). The molecule has 3 heteroatoms. The molecule has 0 fully saturated rings. The van der Waals surface area contributed by atoms with Crippen LogP contribution in [0.15, 0.2) is 84.9 Å². The molecule has 128 valence electrons. The van der Waals surface area contributed by atoms with Gasteiger partial charge in [0.1, 0.15) is 0 Å². The largest absolute Gasteiger partial charge is 0.325 e. The molecule has 0 saturated heterocycles. The van der Waals surface area contributed by atoms with E-state index in [0.29, 0.717) is 6.54 Å². The van der Waals surface area contributed by atoms with Crippen LogP contribution in [0.4, 0.5) is 5.69 Å². The molecule has 0 aliphatic heterocycles. The highest BCUT2D eigenvalue weighted by atomic mass is 16.1. The Hall–Kier alpha value is -3.35. The molecule has 0 spiro atoms. The number of benzene rings is 3. The van der Waals surface area contributed by atoms with Crippen molar-refractivity contribution in [1.29, 1.82) is 0 Å². The summed E-state index contributed by atoms with van der Waals surface area (Å²) < 4.78 is 0. The third-order valence-corrected chi connectivity index (χ3v) is 3.75. The Morgan fingerprint density at radius 1 is 0.731 bits per heavy atom. The predicted molar refractivity (Wildman–Crippen MR) is 106 cm³/mol. The van der Waals surface area contributed by atoms with Gasteiger partial charge in [-0.15, -0.1) is 0 Å². The number of anilines is 1. The Labute approximate surface area is 154 Å². The average molecular weight is 340 g/mol. The van der Waals surface area contributed by atoms with Gasteiger partial charge >= 0.3 is 0 Å². The van der Waals surface area contributed by atoms with Gasteiger partial charge in [-0.25, -0.2) is 0 Å². The van der Waals surface area contributed by atoms with Crippen molar-refractivity contribution >= 4 is 11.6 Å². The molecule has 3 aromatic carbocycles. The van der Waals surface area contributed by atoms with Gasteiger partial charge in [0.2, 0.25) is 5.91 Å². The van der Waals surface area contributed by atoms with Gasteiger partial charge in [0.05, 0.1) is 6.54 Å². The summed E-state index contributed by atoms with van der Waals surface area (Å²) in [6, 6.07) is 27.4. The minimum absolute atomic E-state index is 0.0657. The zero-order chi connectivity index (χ0) is 18.0. The Morgan fingerprint density at radius 2 is 1.31 bits per heavy atom. The molecule has 3 rings (SSSR count). The molecular formula is C23H20N2O. The SMILES string of the molecule is O=C(CNCc1ccccc1)Nc1ccc(C#Cc2ccccc2)cc1. The van der Waals surface area contributed by atoms with Crippen LogP contribution in [0.3, 0.4) is 0 Å². The van der Waals surface area contributed by atoms with Crippen molar-refractivity contribution in [1.82, 2.24) is 5.32 Å². The number of hydrogen-bond donors (Lipinski definition) is 2. The maximum atomic E-state index is 12.0. The van der Waals surface area contributed by atoms with E-state index in [4.69, 9.17) is 0 Å². The summed E-state index contributed by atoms with van der Waals surface area (Å²) in [6.45, 7) is 0.937. The molecule has 26 heavy (non-hydrogen) atoms. The number of nitrogens with one attached hydrogen (secondary N) is 2. The Balaban J connectivity index is 1.48. The smallest absolute Gasteiger partial charge is 0.238 e. The van der Waals surface area contributed by atoms with Crippen LogP contribution in [-0.4, -0.2) is 12.5 Å². The normalized spacial score (nSPS) is 9.85. The first-order chi connectivity index (χ1) is 12.8. The zero-order valence-electron chi connectivity index (χ0n) is 14.4. The number of rotatable bonds is 5. The second-order valence-corrected chi connectivity index (χ2v) is 5.83. The minimum Gasteiger partial charge on any atom is -0.325 e. The first kappa shape index (κ1) is 17.5. The summed E-state index contributed by atoms with van der Waals surface area (Å²) in [4.78, 5) is 12.0. The van der Waals surface area contributed by atoms with Crippen LogP contribution in [0.2, 0.25) is 0 Å². The van der Waals surface area contributed by atoms with Gasteiger partial charge in [-0.3, -0.25) is 4.79 Å². The van der Waals surface area contributed by atoms with Crippen LogP contribution in [0.1, 0.15) is 16.7 Å². The van der Waals surface area contributed by atoms with Gasteiger partial charge in [-0.05, 0) is 42.0 Å². The quantitative estimate of drug-likeness (QED) is 0.694. The van der Waals surface area contributed by atoms with E-state index >= 15 is 0 Å². The fourth-order valence-corrected chi connectivity index (χ4v) is 2.42. The molecule has 3 nitrogen and oxygen atoms in total. The predicted octanol–water partition coefficient (Wildman–Crippen LogP) is 3.81. The molecule has 0 saturated carbocycles. The average Bonchev–Trinajstić information content (AvgIpc) is 2.69. The van der Waals surface area contributed by atoms with Crippen LogP contribution in [0.5, 0.6) is 0 Å². The molecule has 0 atom stereocenters. The summed E-state index contributed by atoms with van der Waals surface area (Å²) in [5.74, 6) is 6.17. The van der Waals surface area contributed by atoms with E-state index in [9.17, 15) is 4.79 Å². The molecule has 0 radical (unpaired) electrons. The van der Waals surface area contributed by atoms with E-state index in [1.165, 1.54) is 0 Å².